The number of allylic oxidation sites excluding steroid dienone is 4. The van der Waals surface area contributed by atoms with Crippen molar-refractivity contribution in [3.63, 3.8) is 0 Å². The molecule has 0 radical (unpaired) electrons. The largest absolute Gasteiger partial charge is 0.306 e. The fraction of sp³-hybridized carbons (Fsp3) is 0.840. The molecule has 0 aromatic rings. The van der Waals surface area contributed by atoms with Crippen molar-refractivity contribution in [1.29, 1.82) is 0 Å². The minimum Gasteiger partial charge on any atom is -0.306 e. The lowest BCUT2D eigenvalue weighted by Crippen LogP contribution is -2.27. The Kier molecular flexibility index (Phi) is 20.3. The molecule has 0 aliphatic heterocycles. The van der Waals surface area contributed by atoms with Crippen LogP contribution in [0.4, 0.5) is 0 Å². The van der Waals surface area contributed by atoms with Crippen LogP contribution in [0.2, 0.25) is 0 Å². The molecule has 0 aliphatic carbocycles. The molecule has 0 aromatic carbocycles. The number of nitrogens with zero attached hydrogens (tertiary/aromatic N) is 1. The van der Waals surface area contributed by atoms with Crippen LogP contribution in [-0.2, 0) is 0 Å². The number of unbranched alkanes of at least 4 members (excludes halogenated alkanes) is 10. The molecule has 0 fully saturated rings. The zero-order chi connectivity index (χ0) is 19.3. The van der Waals surface area contributed by atoms with Crippen LogP contribution in [0.3, 0.4) is 0 Å². The van der Waals surface area contributed by atoms with E-state index in [1.807, 2.05) is 0 Å². The molecule has 0 heterocycles. The van der Waals surface area contributed by atoms with E-state index in [4.69, 9.17) is 0 Å². The molecule has 0 aromatic heterocycles. The molecular weight excluding hydrogens is 314 g/mol. The monoisotopic (exact) mass is 363 g/mol. The van der Waals surface area contributed by atoms with Crippen molar-refractivity contribution in [3.05, 3.63) is 24.3 Å². The van der Waals surface area contributed by atoms with Gasteiger partial charge in [0.25, 0.3) is 0 Å². The molecule has 0 saturated carbocycles. The van der Waals surface area contributed by atoms with Gasteiger partial charge in [-0.2, -0.15) is 0 Å². The summed E-state index contributed by atoms with van der Waals surface area (Å²) < 4.78 is 0. The quantitative estimate of drug-likeness (QED) is 0.165. The Morgan fingerprint density at radius 3 is 1.65 bits per heavy atom. The highest BCUT2D eigenvalue weighted by molar-refractivity contribution is 4.92. The van der Waals surface area contributed by atoms with E-state index >= 15 is 0 Å². The van der Waals surface area contributed by atoms with Gasteiger partial charge in [0.05, 0.1) is 0 Å². The SMILES string of the molecule is CCCCCC=CCC=CCCCCCCCCCC(CCC)N(C)C. The standard InChI is InChI=1S/C25H49N/c1-5-7-8-9-10-11-12-13-14-15-16-17-18-19-20-21-22-24-25(23-6-2)26(3)4/h10-11,13-14,25H,5-9,12,15-24H2,1-4H3. The Morgan fingerprint density at radius 1 is 0.577 bits per heavy atom. The van der Waals surface area contributed by atoms with E-state index in [1.165, 1.54) is 96.3 Å². The van der Waals surface area contributed by atoms with E-state index in [1.54, 1.807) is 0 Å². The van der Waals surface area contributed by atoms with Gasteiger partial charge in [0.2, 0.25) is 0 Å². The second-order valence-electron chi connectivity index (χ2n) is 8.13. The average molecular weight is 364 g/mol. The molecule has 154 valence electrons. The second kappa shape index (κ2) is 20.7. The highest BCUT2D eigenvalue weighted by Crippen LogP contribution is 2.15. The summed E-state index contributed by atoms with van der Waals surface area (Å²) in [6.07, 6.45) is 31.1. The van der Waals surface area contributed by atoms with Gasteiger partial charge in [0.15, 0.2) is 0 Å². The van der Waals surface area contributed by atoms with Crippen LogP contribution in [0.15, 0.2) is 24.3 Å². The summed E-state index contributed by atoms with van der Waals surface area (Å²) in [5.74, 6) is 0. The van der Waals surface area contributed by atoms with Crippen LogP contribution in [0, 0.1) is 0 Å². The van der Waals surface area contributed by atoms with Crippen molar-refractivity contribution in [2.75, 3.05) is 14.1 Å². The Hall–Kier alpha value is -0.560. The maximum atomic E-state index is 2.42. The summed E-state index contributed by atoms with van der Waals surface area (Å²) in [7, 11) is 4.47. The van der Waals surface area contributed by atoms with Gasteiger partial charge in [0.1, 0.15) is 0 Å². The number of rotatable bonds is 19. The third-order valence-corrected chi connectivity index (χ3v) is 5.34. The van der Waals surface area contributed by atoms with E-state index in [9.17, 15) is 0 Å². The summed E-state index contributed by atoms with van der Waals surface area (Å²) >= 11 is 0. The Labute approximate surface area is 166 Å². The summed E-state index contributed by atoms with van der Waals surface area (Å²) in [4.78, 5) is 2.42. The van der Waals surface area contributed by atoms with Crippen LogP contribution >= 0.6 is 0 Å². The predicted molar refractivity (Wildman–Crippen MR) is 121 cm³/mol. The van der Waals surface area contributed by atoms with E-state index < -0.39 is 0 Å². The molecule has 0 aliphatic rings. The summed E-state index contributed by atoms with van der Waals surface area (Å²) in [5.41, 5.74) is 0. The first-order chi connectivity index (χ1) is 12.7. The smallest absolute Gasteiger partial charge is 0.00890 e. The highest BCUT2D eigenvalue weighted by Gasteiger charge is 2.08. The molecule has 1 unspecified atom stereocenters. The van der Waals surface area contributed by atoms with Crippen molar-refractivity contribution >= 4 is 0 Å². The van der Waals surface area contributed by atoms with E-state index in [0.29, 0.717) is 0 Å². The predicted octanol–water partition coefficient (Wildman–Crippen LogP) is 8.31. The highest BCUT2D eigenvalue weighted by atomic mass is 15.1. The van der Waals surface area contributed by atoms with Crippen molar-refractivity contribution in [2.24, 2.45) is 0 Å². The lowest BCUT2D eigenvalue weighted by molar-refractivity contribution is 0.256. The van der Waals surface area contributed by atoms with Gasteiger partial charge in [-0.15, -0.1) is 0 Å². The third-order valence-electron chi connectivity index (χ3n) is 5.34. The van der Waals surface area contributed by atoms with Crippen molar-refractivity contribution in [2.45, 2.75) is 123 Å². The number of hydrogen-bond donors (Lipinski definition) is 0. The molecule has 0 rings (SSSR count). The minimum absolute atomic E-state index is 0.804. The van der Waals surface area contributed by atoms with Gasteiger partial charge in [-0.3, -0.25) is 0 Å². The summed E-state index contributed by atoms with van der Waals surface area (Å²) in [6.45, 7) is 4.57. The average Bonchev–Trinajstić information content (AvgIpc) is 2.63. The van der Waals surface area contributed by atoms with Crippen molar-refractivity contribution < 1.29 is 0 Å². The first-order valence-electron chi connectivity index (χ1n) is 11.7. The van der Waals surface area contributed by atoms with Crippen LogP contribution in [0.1, 0.15) is 117 Å². The van der Waals surface area contributed by atoms with Crippen LogP contribution in [0.5, 0.6) is 0 Å². The van der Waals surface area contributed by atoms with E-state index in [2.05, 4.69) is 57.1 Å². The minimum atomic E-state index is 0.804. The maximum Gasteiger partial charge on any atom is 0.00890 e. The fourth-order valence-corrected chi connectivity index (χ4v) is 3.54. The van der Waals surface area contributed by atoms with E-state index in [0.717, 1.165) is 12.5 Å². The van der Waals surface area contributed by atoms with E-state index in [-0.39, 0.29) is 0 Å². The normalized spacial score (nSPS) is 13.4. The molecule has 0 amide bonds. The molecule has 1 atom stereocenters. The van der Waals surface area contributed by atoms with Crippen LogP contribution < -0.4 is 0 Å². The summed E-state index contributed by atoms with van der Waals surface area (Å²) in [5, 5.41) is 0. The molecule has 0 N–H and O–H groups in total. The van der Waals surface area contributed by atoms with Gasteiger partial charge in [-0.25, -0.2) is 0 Å². The molecular formula is C25H49N. The Balaban J connectivity index is 3.32. The molecule has 0 spiro atoms. The lowest BCUT2D eigenvalue weighted by Gasteiger charge is -2.23. The molecule has 1 nitrogen and oxygen atoms in total. The van der Waals surface area contributed by atoms with Gasteiger partial charge >= 0.3 is 0 Å². The fourth-order valence-electron chi connectivity index (χ4n) is 3.54. The summed E-state index contributed by atoms with van der Waals surface area (Å²) in [6, 6.07) is 0.804. The third kappa shape index (κ3) is 18.2. The topological polar surface area (TPSA) is 3.24 Å². The maximum absolute atomic E-state index is 2.42. The lowest BCUT2D eigenvalue weighted by atomic mass is 10.0. The molecule has 1 heteroatoms. The van der Waals surface area contributed by atoms with Gasteiger partial charge in [-0.1, -0.05) is 95.9 Å². The molecule has 0 bridgehead atoms. The van der Waals surface area contributed by atoms with Gasteiger partial charge < -0.3 is 4.90 Å². The zero-order valence-electron chi connectivity index (χ0n) is 18.6. The van der Waals surface area contributed by atoms with Crippen LogP contribution in [0.25, 0.3) is 0 Å². The first kappa shape index (κ1) is 25.4. The molecule has 26 heavy (non-hydrogen) atoms. The Morgan fingerprint density at radius 2 is 1.12 bits per heavy atom. The zero-order valence-corrected chi connectivity index (χ0v) is 18.6. The van der Waals surface area contributed by atoms with Gasteiger partial charge in [-0.05, 0) is 59.0 Å². The van der Waals surface area contributed by atoms with Gasteiger partial charge in [0, 0.05) is 6.04 Å². The Bertz CT molecular complexity index is 316. The number of hydrogen-bond acceptors (Lipinski definition) is 1. The van der Waals surface area contributed by atoms with Crippen LogP contribution in [-0.4, -0.2) is 25.0 Å². The second-order valence-corrected chi connectivity index (χ2v) is 8.13. The first-order valence-corrected chi connectivity index (χ1v) is 11.7. The van der Waals surface area contributed by atoms with Crippen molar-refractivity contribution in [1.82, 2.24) is 4.90 Å². The molecule has 0 saturated heterocycles. The van der Waals surface area contributed by atoms with Crippen molar-refractivity contribution in [3.8, 4) is 0 Å².